The number of carbonyl (C=O) groups excluding carboxylic acids is 1. The van der Waals surface area contributed by atoms with E-state index in [0.29, 0.717) is 11.8 Å². The third-order valence-electron chi connectivity index (χ3n) is 5.58. The first-order valence-corrected chi connectivity index (χ1v) is 9.26. The normalized spacial score (nSPS) is 24.0. The molecule has 2 saturated heterocycles. The monoisotopic (exact) mass is 330 g/mol. The first kappa shape index (κ1) is 17.2. The zero-order valence-corrected chi connectivity index (χ0v) is 14.9. The topological polar surface area (TPSA) is 62.5 Å². The quantitative estimate of drug-likeness (QED) is 0.923. The maximum atomic E-state index is 12.9. The number of nitrogens with two attached hydrogens (primary N) is 1. The number of likely N-dealkylation sites (tertiary alicyclic amines) is 1. The fraction of sp³-hybridized carbons (Fsp3) is 0.684. The van der Waals surface area contributed by atoms with Crippen LogP contribution in [0.3, 0.4) is 0 Å². The van der Waals surface area contributed by atoms with Crippen LogP contribution in [0.25, 0.3) is 0 Å². The molecular weight excluding hydrogens is 300 g/mol. The summed E-state index contributed by atoms with van der Waals surface area (Å²) in [5, 5.41) is 0. The maximum absolute atomic E-state index is 12.9. The number of hydrogen-bond acceptors (Lipinski definition) is 4. The Hall–Kier alpha value is -1.62. The molecule has 3 rings (SSSR count). The molecule has 5 heteroatoms. The van der Waals surface area contributed by atoms with E-state index in [1.54, 1.807) is 0 Å². The van der Waals surface area contributed by atoms with E-state index >= 15 is 0 Å². The lowest BCUT2D eigenvalue weighted by Gasteiger charge is -2.39. The van der Waals surface area contributed by atoms with Crippen LogP contribution in [0.4, 0.5) is 5.82 Å². The number of piperidine rings is 2. The lowest BCUT2D eigenvalue weighted by Crippen LogP contribution is -2.49. The molecule has 2 N–H and O–H groups in total. The number of rotatable bonds is 3. The van der Waals surface area contributed by atoms with Crippen LogP contribution in [0, 0.1) is 18.8 Å². The van der Waals surface area contributed by atoms with Gasteiger partial charge >= 0.3 is 0 Å². The molecule has 0 saturated carbocycles. The first-order valence-electron chi connectivity index (χ1n) is 9.26. The number of aromatic nitrogens is 1. The third-order valence-corrected chi connectivity index (χ3v) is 5.58. The van der Waals surface area contributed by atoms with Crippen molar-refractivity contribution in [2.45, 2.75) is 45.6 Å². The van der Waals surface area contributed by atoms with Gasteiger partial charge in [-0.15, -0.1) is 0 Å². The summed E-state index contributed by atoms with van der Waals surface area (Å²) in [6.07, 6.45) is 6.00. The van der Waals surface area contributed by atoms with E-state index in [0.717, 1.165) is 57.7 Å². The van der Waals surface area contributed by atoms with E-state index in [-0.39, 0.29) is 12.0 Å². The van der Waals surface area contributed by atoms with Crippen LogP contribution in [0.15, 0.2) is 18.3 Å². The number of carbonyl (C=O) groups is 1. The van der Waals surface area contributed by atoms with Gasteiger partial charge in [0.25, 0.3) is 0 Å². The fourth-order valence-corrected chi connectivity index (χ4v) is 3.90. The van der Waals surface area contributed by atoms with Gasteiger partial charge in [0.1, 0.15) is 5.82 Å². The molecular formula is C19H30N4O. The van der Waals surface area contributed by atoms with E-state index < -0.39 is 0 Å². The lowest BCUT2D eigenvalue weighted by atomic mass is 9.89. The van der Waals surface area contributed by atoms with Crippen molar-refractivity contribution in [1.82, 2.24) is 9.88 Å². The molecule has 1 aromatic rings. The lowest BCUT2D eigenvalue weighted by molar-refractivity contribution is -0.138. The van der Waals surface area contributed by atoms with E-state index in [9.17, 15) is 4.79 Å². The number of nitrogens with zero attached hydrogens (tertiary/aromatic N) is 3. The second-order valence-electron chi connectivity index (χ2n) is 7.50. The number of anilines is 1. The third kappa shape index (κ3) is 3.89. The van der Waals surface area contributed by atoms with Crippen molar-refractivity contribution in [3.63, 3.8) is 0 Å². The molecule has 2 atom stereocenters. The summed E-state index contributed by atoms with van der Waals surface area (Å²) in [7, 11) is 0. The van der Waals surface area contributed by atoms with Crippen molar-refractivity contribution in [1.29, 1.82) is 0 Å². The molecule has 3 heterocycles. The molecule has 1 aromatic heterocycles. The number of hydrogen-bond donors (Lipinski definition) is 1. The molecule has 2 fully saturated rings. The standard InChI is InChI=1S/C19H30N4O/c1-14-5-6-18(21-12-14)22-10-7-16(8-11-22)19(24)23-9-3-4-17(13-23)15(2)20/h5-6,12,15-17H,3-4,7-11,13,20H2,1-2H3/t15-,17-/m1/s1. The average molecular weight is 330 g/mol. The van der Waals surface area contributed by atoms with Crippen LogP contribution in [0.2, 0.25) is 0 Å². The molecule has 24 heavy (non-hydrogen) atoms. The number of aryl methyl sites for hydroxylation is 1. The number of amides is 1. The molecule has 0 unspecified atom stereocenters. The van der Waals surface area contributed by atoms with Gasteiger partial charge < -0.3 is 15.5 Å². The van der Waals surface area contributed by atoms with Crippen LogP contribution in [0.1, 0.15) is 38.2 Å². The van der Waals surface area contributed by atoms with Crippen LogP contribution in [-0.2, 0) is 4.79 Å². The summed E-state index contributed by atoms with van der Waals surface area (Å²) in [5.74, 6) is 2.00. The van der Waals surface area contributed by atoms with Crippen LogP contribution in [-0.4, -0.2) is 48.0 Å². The largest absolute Gasteiger partial charge is 0.357 e. The molecule has 0 spiro atoms. The Morgan fingerprint density at radius 2 is 2.00 bits per heavy atom. The minimum atomic E-state index is 0.165. The Balaban J connectivity index is 1.54. The van der Waals surface area contributed by atoms with Gasteiger partial charge in [-0.3, -0.25) is 4.79 Å². The molecule has 1 amide bonds. The molecule has 0 radical (unpaired) electrons. The van der Waals surface area contributed by atoms with E-state index in [4.69, 9.17) is 5.73 Å². The van der Waals surface area contributed by atoms with Crippen molar-refractivity contribution in [3.05, 3.63) is 23.9 Å². The SMILES string of the molecule is Cc1ccc(N2CCC(C(=O)N3CCC[C@@H]([C@@H](C)N)C3)CC2)nc1. The second-order valence-corrected chi connectivity index (χ2v) is 7.50. The second kappa shape index (κ2) is 7.51. The van der Waals surface area contributed by atoms with Crippen molar-refractivity contribution in [2.75, 3.05) is 31.1 Å². The van der Waals surface area contributed by atoms with Crippen LogP contribution >= 0.6 is 0 Å². The molecule has 0 aliphatic carbocycles. The highest BCUT2D eigenvalue weighted by Gasteiger charge is 2.32. The summed E-state index contributed by atoms with van der Waals surface area (Å²) in [6, 6.07) is 4.35. The van der Waals surface area contributed by atoms with E-state index in [2.05, 4.69) is 40.8 Å². The number of pyridine rings is 1. The van der Waals surface area contributed by atoms with Crippen LogP contribution < -0.4 is 10.6 Å². The van der Waals surface area contributed by atoms with E-state index in [1.807, 2.05) is 6.20 Å². The van der Waals surface area contributed by atoms with E-state index in [1.165, 1.54) is 5.56 Å². The van der Waals surface area contributed by atoms with Gasteiger partial charge in [-0.25, -0.2) is 4.98 Å². The van der Waals surface area contributed by atoms with Gasteiger partial charge in [-0.05, 0) is 57.1 Å². The van der Waals surface area contributed by atoms with Gasteiger partial charge in [0.15, 0.2) is 0 Å². The van der Waals surface area contributed by atoms with Crippen molar-refractivity contribution in [2.24, 2.45) is 17.6 Å². The molecule has 2 aliphatic heterocycles. The van der Waals surface area contributed by atoms with Gasteiger partial charge in [0.05, 0.1) is 0 Å². The molecule has 132 valence electrons. The molecule has 2 aliphatic rings. The Kier molecular flexibility index (Phi) is 5.39. The van der Waals surface area contributed by atoms with Gasteiger partial charge in [0, 0.05) is 44.3 Å². The smallest absolute Gasteiger partial charge is 0.225 e. The molecule has 0 bridgehead atoms. The highest BCUT2D eigenvalue weighted by molar-refractivity contribution is 5.79. The van der Waals surface area contributed by atoms with Crippen molar-refractivity contribution in [3.8, 4) is 0 Å². The molecule has 0 aromatic carbocycles. The molecule has 5 nitrogen and oxygen atoms in total. The van der Waals surface area contributed by atoms with Crippen LogP contribution in [0.5, 0.6) is 0 Å². The predicted molar refractivity (Wildman–Crippen MR) is 96.9 cm³/mol. The summed E-state index contributed by atoms with van der Waals surface area (Å²) in [5.41, 5.74) is 7.23. The Morgan fingerprint density at radius 1 is 1.25 bits per heavy atom. The summed E-state index contributed by atoms with van der Waals surface area (Å²) >= 11 is 0. The zero-order chi connectivity index (χ0) is 17.1. The predicted octanol–water partition coefficient (Wildman–Crippen LogP) is 2.19. The van der Waals surface area contributed by atoms with Crippen molar-refractivity contribution < 1.29 is 4.79 Å². The Morgan fingerprint density at radius 3 is 2.62 bits per heavy atom. The summed E-state index contributed by atoms with van der Waals surface area (Å²) < 4.78 is 0. The highest BCUT2D eigenvalue weighted by Crippen LogP contribution is 2.26. The first-order chi connectivity index (χ1) is 11.5. The summed E-state index contributed by atoms with van der Waals surface area (Å²) in [4.78, 5) is 21.7. The highest BCUT2D eigenvalue weighted by atomic mass is 16.2. The fourth-order valence-electron chi connectivity index (χ4n) is 3.90. The minimum absolute atomic E-state index is 0.165. The summed E-state index contributed by atoms with van der Waals surface area (Å²) in [6.45, 7) is 7.69. The Bertz CT molecular complexity index is 549. The van der Waals surface area contributed by atoms with Gasteiger partial charge in [-0.2, -0.15) is 0 Å². The Labute approximate surface area is 145 Å². The minimum Gasteiger partial charge on any atom is -0.357 e. The zero-order valence-electron chi connectivity index (χ0n) is 14.9. The average Bonchev–Trinajstić information content (AvgIpc) is 2.62. The maximum Gasteiger partial charge on any atom is 0.225 e. The van der Waals surface area contributed by atoms with Crippen molar-refractivity contribution >= 4 is 11.7 Å². The van der Waals surface area contributed by atoms with Gasteiger partial charge in [0.2, 0.25) is 5.91 Å². The van der Waals surface area contributed by atoms with Gasteiger partial charge in [-0.1, -0.05) is 6.07 Å².